The maximum atomic E-state index is 12.1. The lowest BCUT2D eigenvalue weighted by Crippen LogP contribution is -2.33. The molecule has 3 unspecified atom stereocenters. The molecule has 0 heterocycles. The molecule has 144 valence electrons. The minimum atomic E-state index is -0.849. The minimum Gasteiger partial charge on any atom is -0.377 e. The Hall–Kier alpha value is -1.96. The Labute approximate surface area is 156 Å². The Balaban J connectivity index is 2.17. The third-order valence-electron chi connectivity index (χ3n) is 4.52. The van der Waals surface area contributed by atoms with Crippen LogP contribution in [0.4, 0.5) is 11.4 Å². The van der Waals surface area contributed by atoms with Crippen LogP contribution < -0.4 is 10.6 Å². The molecule has 0 saturated heterocycles. The van der Waals surface area contributed by atoms with E-state index in [2.05, 4.69) is 10.6 Å². The van der Waals surface area contributed by atoms with E-state index in [4.69, 9.17) is 0 Å². The lowest BCUT2D eigenvalue weighted by Gasteiger charge is -2.29. The molecule has 2 rings (SSSR count). The summed E-state index contributed by atoms with van der Waals surface area (Å²) in [6.45, 7) is 5.59. The summed E-state index contributed by atoms with van der Waals surface area (Å²) < 4.78 is 12.1. The van der Waals surface area contributed by atoms with Gasteiger partial charge in [0, 0.05) is 45.5 Å². The number of nitro benzene ring substituents is 1. The van der Waals surface area contributed by atoms with Crippen molar-refractivity contribution in [2.24, 2.45) is 0 Å². The predicted octanol–water partition coefficient (Wildman–Crippen LogP) is 3.22. The van der Waals surface area contributed by atoms with Crippen molar-refractivity contribution in [3.63, 3.8) is 0 Å². The van der Waals surface area contributed by atoms with Crippen molar-refractivity contribution in [1.82, 2.24) is 5.32 Å². The number of carbonyl (C=O) groups excluding carboxylic acids is 1. The van der Waals surface area contributed by atoms with Crippen LogP contribution >= 0.6 is 0 Å². The number of benzene rings is 1. The molecule has 0 aromatic heterocycles. The summed E-state index contributed by atoms with van der Waals surface area (Å²) in [6.07, 6.45) is 3.53. The number of nitrogens with zero attached hydrogens (tertiary/aromatic N) is 1. The standard InChI is InChI=1S/C18H27N3O4S/c1-4-26(25)15-7-5-6-14(11-15)20-16-9-8-13(10-17(16)21(23)24)18(22)19-12(2)3/h8-10,12,14-15,20H,4-7,11H2,1-3H3,(H,19,22). The van der Waals surface area contributed by atoms with E-state index in [1.165, 1.54) is 6.07 Å². The van der Waals surface area contributed by atoms with E-state index in [1.807, 2.05) is 20.8 Å². The van der Waals surface area contributed by atoms with Crippen molar-refractivity contribution in [1.29, 1.82) is 0 Å². The zero-order valence-corrected chi connectivity index (χ0v) is 16.3. The van der Waals surface area contributed by atoms with Crippen LogP contribution in [0.2, 0.25) is 0 Å². The van der Waals surface area contributed by atoms with Gasteiger partial charge in [-0.2, -0.15) is 0 Å². The number of hydrogen-bond donors (Lipinski definition) is 2. The van der Waals surface area contributed by atoms with Crippen LogP contribution in [0.3, 0.4) is 0 Å². The van der Waals surface area contributed by atoms with Crippen molar-refractivity contribution < 1.29 is 13.9 Å². The summed E-state index contributed by atoms with van der Waals surface area (Å²) >= 11 is 0. The van der Waals surface area contributed by atoms with Crippen molar-refractivity contribution in [2.75, 3.05) is 11.1 Å². The average molecular weight is 381 g/mol. The average Bonchev–Trinajstić information content (AvgIpc) is 2.60. The number of carbonyl (C=O) groups is 1. The van der Waals surface area contributed by atoms with E-state index in [1.54, 1.807) is 12.1 Å². The summed E-state index contributed by atoms with van der Waals surface area (Å²) in [6, 6.07) is 4.51. The van der Waals surface area contributed by atoms with Gasteiger partial charge in [0.25, 0.3) is 11.6 Å². The Morgan fingerprint density at radius 2 is 2.12 bits per heavy atom. The normalized spacial score (nSPS) is 21.2. The van der Waals surface area contributed by atoms with Crippen LogP contribution in [0.25, 0.3) is 0 Å². The van der Waals surface area contributed by atoms with Gasteiger partial charge in [-0.1, -0.05) is 13.3 Å². The van der Waals surface area contributed by atoms with Crippen molar-refractivity contribution in [2.45, 2.75) is 63.8 Å². The van der Waals surface area contributed by atoms with Gasteiger partial charge in [0.1, 0.15) is 5.69 Å². The summed E-state index contributed by atoms with van der Waals surface area (Å²) in [7, 11) is -0.849. The van der Waals surface area contributed by atoms with Crippen LogP contribution in [0, 0.1) is 10.1 Å². The first-order valence-electron chi connectivity index (χ1n) is 9.04. The first kappa shape index (κ1) is 20.4. The maximum absolute atomic E-state index is 12.1. The summed E-state index contributed by atoms with van der Waals surface area (Å²) in [5, 5.41) is 17.6. The monoisotopic (exact) mass is 381 g/mol. The fourth-order valence-electron chi connectivity index (χ4n) is 3.26. The zero-order valence-electron chi connectivity index (χ0n) is 15.5. The molecule has 1 aliphatic carbocycles. The molecule has 26 heavy (non-hydrogen) atoms. The number of hydrogen-bond acceptors (Lipinski definition) is 5. The van der Waals surface area contributed by atoms with Crippen LogP contribution in [-0.4, -0.2) is 38.1 Å². The highest BCUT2D eigenvalue weighted by molar-refractivity contribution is 7.85. The molecule has 3 atom stereocenters. The van der Waals surface area contributed by atoms with E-state index in [0.29, 0.717) is 11.4 Å². The first-order chi connectivity index (χ1) is 12.3. The highest BCUT2D eigenvalue weighted by atomic mass is 32.2. The summed E-state index contributed by atoms with van der Waals surface area (Å²) in [4.78, 5) is 23.1. The molecule has 7 nitrogen and oxygen atoms in total. The predicted molar refractivity (Wildman–Crippen MR) is 104 cm³/mol. The van der Waals surface area contributed by atoms with E-state index < -0.39 is 15.7 Å². The van der Waals surface area contributed by atoms with Gasteiger partial charge in [-0.15, -0.1) is 0 Å². The van der Waals surface area contributed by atoms with Gasteiger partial charge in [-0.25, -0.2) is 0 Å². The van der Waals surface area contributed by atoms with Crippen molar-refractivity contribution in [3.05, 3.63) is 33.9 Å². The molecule has 2 N–H and O–H groups in total. The molecular formula is C18H27N3O4S. The van der Waals surface area contributed by atoms with E-state index in [9.17, 15) is 19.1 Å². The third kappa shape index (κ3) is 5.27. The third-order valence-corrected chi connectivity index (χ3v) is 6.26. The first-order valence-corrected chi connectivity index (χ1v) is 10.4. The second-order valence-corrected chi connectivity index (χ2v) is 8.92. The lowest BCUT2D eigenvalue weighted by atomic mass is 9.94. The molecule has 1 saturated carbocycles. The quantitative estimate of drug-likeness (QED) is 0.558. The number of anilines is 1. The van der Waals surface area contributed by atoms with Gasteiger partial charge < -0.3 is 10.6 Å². The largest absolute Gasteiger partial charge is 0.377 e. The summed E-state index contributed by atoms with van der Waals surface area (Å²) in [5.41, 5.74) is 0.564. The maximum Gasteiger partial charge on any atom is 0.293 e. The molecule has 0 aliphatic heterocycles. The van der Waals surface area contributed by atoms with Crippen LogP contribution in [0.1, 0.15) is 56.8 Å². The van der Waals surface area contributed by atoms with E-state index in [0.717, 1.165) is 25.7 Å². The highest BCUT2D eigenvalue weighted by Crippen LogP contribution is 2.30. The van der Waals surface area contributed by atoms with E-state index in [-0.39, 0.29) is 34.5 Å². The number of rotatable bonds is 7. The van der Waals surface area contributed by atoms with Gasteiger partial charge in [-0.05, 0) is 45.2 Å². The molecule has 0 bridgehead atoms. The molecule has 1 fully saturated rings. The second kappa shape index (κ2) is 9.12. The Bertz CT molecular complexity index is 693. The Morgan fingerprint density at radius 3 is 2.73 bits per heavy atom. The van der Waals surface area contributed by atoms with E-state index >= 15 is 0 Å². The molecule has 1 aromatic rings. The number of nitro groups is 1. The topological polar surface area (TPSA) is 101 Å². The fraction of sp³-hybridized carbons (Fsp3) is 0.611. The molecule has 8 heteroatoms. The SMILES string of the molecule is CCS(=O)C1CCCC(Nc2ccc(C(=O)NC(C)C)cc2[N+](=O)[O-])C1. The van der Waals surface area contributed by atoms with Gasteiger partial charge in [0.05, 0.1) is 4.92 Å². The molecular weight excluding hydrogens is 354 g/mol. The number of nitrogens with one attached hydrogen (secondary N) is 2. The smallest absolute Gasteiger partial charge is 0.293 e. The zero-order chi connectivity index (χ0) is 19.3. The molecule has 1 aromatic carbocycles. The second-order valence-electron chi connectivity index (χ2n) is 6.92. The van der Waals surface area contributed by atoms with Gasteiger partial charge in [0.2, 0.25) is 0 Å². The summed E-state index contributed by atoms with van der Waals surface area (Å²) in [5.74, 6) is 0.308. The van der Waals surface area contributed by atoms with Crippen LogP contribution in [-0.2, 0) is 10.8 Å². The molecule has 1 amide bonds. The molecule has 1 aliphatic rings. The highest BCUT2D eigenvalue weighted by Gasteiger charge is 2.27. The lowest BCUT2D eigenvalue weighted by molar-refractivity contribution is -0.384. The van der Waals surface area contributed by atoms with Gasteiger partial charge in [0.15, 0.2) is 0 Å². The molecule has 0 spiro atoms. The Kier molecular flexibility index (Phi) is 7.14. The Morgan fingerprint density at radius 1 is 1.38 bits per heavy atom. The minimum absolute atomic E-state index is 0.0436. The van der Waals surface area contributed by atoms with Crippen LogP contribution in [0.15, 0.2) is 18.2 Å². The van der Waals surface area contributed by atoms with Crippen molar-refractivity contribution >= 4 is 28.1 Å². The molecule has 0 radical (unpaired) electrons. The van der Waals surface area contributed by atoms with Crippen molar-refractivity contribution in [3.8, 4) is 0 Å². The fourth-order valence-corrected chi connectivity index (χ4v) is 4.61. The van der Waals surface area contributed by atoms with Crippen LogP contribution in [0.5, 0.6) is 0 Å². The van der Waals surface area contributed by atoms with Gasteiger partial charge >= 0.3 is 0 Å². The van der Waals surface area contributed by atoms with Gasteiger partial charge in [-0.3, -0.25) is 19.1 Å². The number of amides is 1.